The molecule has 0 fully saturated rings. The Morgan fingerprint density at radius 2 is 1.19 bits per heavy atom. The van der Waals surface area contributed by atoms with Crippen LogP contribution in [0.15, 0.2) is 26.5 Å². The minimum atomic E-state index is -0.606. The largest absolute Gasteiger partial charge is 1.00 e. The zero-order valence-electron chi connectivity index (χ0n) is 28.2. The maximum atomic E-state index is 11.0. The summed E-state index contributed by atoms with van der Waals surface area (Å²) < 4.78 is 0. The van der Waals surface area contributed by atoms with Crippen molar-refractivity contribution in [2.24, 2.45) is 11.7 Å². The monoisotopic (exact) mass is 678 g/mol. The molecule has 0 atom stereocenters. The van der Waals surface area contributed by atoms with E-state index in [2.05, 4.69) is 20.7 Å². The van der Waals surface area contributed by atoms with Crippen LogP contribution in [0.1, 0.15) is 73.6 Å². The summed E-state index contributed by atoms with van der Waals surface area (Å²) in [6.07, 6.45) is -0.181. The van der Waals surface area contributed by atoms with Crippen molar-refractivity contribution in [2.45, 2.75) is 76.2 Å². The molecule has 256 valence electrons. The fraction of sp³-hybridized carbons (Fsp3) is 0.375. The van der Waals surface area contributed by atoms with Crippen LogP contribution < -0.4 is 57.1 Å². The summed E-state index contributed by atoms with van der Waals surface area (Å²) in [5, 5.41) is 45.2. The second kappa shape index (κ2) is 24.2. The molecular formula is C32H43N6NaO9. The molecule has 3 heterocycles. The van der Waals surface area contributed by atoms with E-state index in [1.165, 1.54) is 26.0 Å². The number of ketones is 2. The number of hydrogen-bond acceptors (Lipinski definition) is 11. The number of aromatic hydroxyl groups is 2. The molecule has 0 unspecified atom stereocenters. The van der Waals surface area contributed by atoms with E-state index in [4.69, 9.17) is 20.7 Å². The number of Topliss-reactive ketones (excluding diaryl/α,β-unsaturated/α-hetero) is 2. The number of H-pyrrole nitrogens is 3. The molecule has 48 heavy (non-hydrogen) atoms. The summed E-state index contributed by atoms with van der Waals surface area (Å²) in [6, 6.07) is 6.25. The number of nitrogens with one attached hydrogen (secondary N) is 3. The number of carbonyl (C=O) groups is 3. The van der Waals surface area contributed by atoms with Gasteiger partial charge in [-0.15, -0.1) is 0 Å². The molecule has 7 N–H and O–H groups in total. The van der Waals surface area contributed by atoms with Gasteiger partial charge in [-0.25, -0.2) is 0 Å². The van der Waals surface area contributed by atoms with Crippen LogP contribution in [0.25, 0.3) is 0 Å². The number of primary amides is 1. The zero-order valence-corrected chi connectivity index (χ0v) is 30.2. The summed E-state index contributed by atoms with van der Waals surface area (Å²) in [6.45, 7) is 14.7. The molecule has 0 aliphatic carbocycles. The number of carbonyl (C=O) groups excluding carboxylic acids is 3. The Hall–Kier alpha value is -4.96. The molecule has 0 saturated heterocycles. The molecule has 0 aliphatic rings. The van der Waals surface area contributed by atoms with Gasteiger partial charge in [-0.05, 0) is 90.4 Å². The summed E-state index contributed by atoms with van der Waals surface area (Å²) >= 11 is 0. The number of aromatic nitrogens is 3. The van der Waals surface area contributed by atoms with E-state index < -0.39 is 23.3 Å². The van der Waals surface area contributed by atoms with Crippen molar-refractivity contribution < 1.29 is 59.3 Å². The minimum absolute atomic E-state index is 0. The van der Waals surface area contributed by atoms with Gasteiger partial charge in [-0.3, -0.25) is 38.7 Å². The Kier molecular flexibility index (Phi) is 25.2. The number of nitrogens with zero attached hydrogens (tertiary/aromatic N) is 2. The molecule has 0 aliphatic heterocycles. The Bertz CT molecular complexity index is 1680. The van der Waals surface area contributed by atoms with Gasteiger partial charge in [0.05, 0.1) is 12.0 Å². The van der Waals surface area contributed by atoms with E-state index in [1.54, 1.807) is 60.6 Å². The third kappa shape index (κ3) is 18.3. The number of pyridine rings is 3. The van der Waals surface area contributed by atoms with E-state index in [-0.39, 0.29) is 83.4 Å². The van der Waals surface area contributed by atoms with Gasteiger partial charge in [0.25, 0.3) is 16.7 Å². The molecule has 1 amide bonds. The molecule has 3 aromatic heterocycles. The van der Waals surface area contributed by atoms with Gasteiger partial charge in [-0.1, -0.05) is 7.43 Å². The first-order chi connectivity index (χ1) is 21.1. The third-order valence-electron chi connectivity index (χ3n) is 6.39. The van der Waals surface area contributed by atoms with Crippen LogP contribution in [0.2, 0.25) is 0 Å². The molecule has 0 radical (unpaired) electrons. The van der Waals surface area contributed by atoms with Crippen molar-refractivity contribution in [2.75, 3.05) is 0 Å². The minimum Gasteiger partial charge on any atom is -0.860 e. The molecule has 0 spiro atoms. The maximum Gasteiger partial charge on any atom is 1.00 e. The van der Waals surface area contributed by atoms with Gasteiger partial charge in [0.1, 0.15) is 29.6 Å². The predicted octanol–water partition coefficient (Wildman–Crippen LogP) is -0.842. The molecule has 0 saturated carbocycles. The molecule has 15 nitrogen and oxygen atoms in total. The van der Waals surface area contributed by atoms with E-state index >= 15 is 0 Å². The average Bonchev–Trinajstić information content (AvgIpc) is 2.94. The van der Waals surface area contributed by atoms with Crippen molar-refractivity contribution >= 4 is 17.5 Å². The molecule has 16 heteroatoms. The van der Waals surface area contributed by atoms with Crippen LogP contribution in [0, 0.1) is 70.1 Å². The molecule has 0 bridgehead atoms. The first-order valence-electron chi connectivity index (χ1n) is 13.4. The SMILES string of the molecule is C.CC(=O)C(C)C(C)=O.Cc1c([O-])[nH]c(=O)c(C#N)c1C.Cc1cc(=O)[nH]c(O)c1C.Cc1cc(=O)[nH]c(O)c1C.N#CCC(N)=O.[Na+]. The number of aryl methyl sites for hydroxylation is 2. The third-order valence-corrected chi connectivity index (χ3v) is 6.39. The van der Waals surface area contributed by atoms with Crippen molar-refractivity contribution in [3.8, 4) is 29.8 Å². The van der Waals surface area contributed by atoms with Crippen molar-refractivity contribution in [3.05, 3.63) is 82.1 Å². The van der Waals surface area contributed by atoms with Crippen molar-refractivity contribution in [1.82, 2.24) is 15.0 Å². The van der Waals surface area contributed by atoms with Gasteiger partial charge in [0.2, 0.25) is 5.91 Å². The van der Waals surface area contributed by atoms with Crippen LogP contribution in [0.4, 0.5) is 0 Å². The van der Waals surface area contributed by atoms with E-state index in [0.29, 0.717) is 11.1 Å². The van der Waals surface area contributed by atoms with Gasteiger partial charge < -0.3 is 26.0 Å². The zero-order chi connectivity index (χ0) is 36.5. The van der Waals surface area contributed by atoms with Gasteiger partial charge in [0, 0.05) is 23.3 Å². The number of rotatable bonds is 3. The quantitative estimate of drug-likeness (QED) is 0.147. The van der Waals surface area contributed by atoms with Crippen LogP contribution >= 0.6 is 0 Å². The van der Waals surface area contributed by atoms with E-state index in [1.807, 2.05) is 0 Å². The second-order valence-electron chi connectivity index (χ2n) is 9.84. The normalized spacial score (nSPS) is 8.83. The number of nitriles is 2. The fourth-order valence-electron chi connectivity index (χ4n) is 2.76. The summed E-state index contributed by atoms with van der Waals surface area (Å²) in [7, 11) is 0. The van der Waals surface area contributed by atoms with Crippen LogP contribution in [0.3, 0.4) is 0 Å². The van der Waals surface area contributed by atoms with Gasteiger partial charge >= 0.3 is 29.6 Å². The summed E-state index contributed by atoms with van der Waals surface area (Å²) in [5.74, 6) is -1.59. The van der Waals surface area contributed by atoms with Crippen LogP contribution in [-0.2, 0) is 14.4 Å². The Morgan fingerprint density at radius 1 is 0.812 bits per heavy atom. The first kappa shape index (κ1) is 49.9. The van der Waals surface area contributed by atoms with E-state index in [9.17, 15) is 33.9 Å². The van der Waals surface area contributed by atoms with Crippen LogP contribution in [-0.4, -0.2) is 42.6 Å². The van der Waals surface area contributed by atoms with Crippen molar-refractivity contribution in [3.63, 3.8) is 0 Å². The molecule has 0 aromatic carbocycles. The van der Waals surface area contributed by atoms with Gasteiger partial charge in [-0.2, -0.15) is 10.5 Å². The second-order valence-corrected chi connectivity index (χ2v) is 9.84. The Labute approximate surface area is 300 Å². The van der Waals surface area contributed by atoms with Crippen molar-refractivity contribution in [1.29, 1.82) is 10.5 Å². The smallest absolute Gasteiger partial charge is 0.860 e. The number of aromatic amines is 3. The fourth-order valence-corrected chi connectivity index (χ4v) is 2.76. The van der Waals surface area contributed by atoms with Gasteiger partial charge in [0.15, 0.2) is 11.8 Å². The Balaban J connectivity index is -0.000000254. The molecular weight excluding hydrogens is 635 g/mol. The standard InChI is InChI=1S/C8H8N2O2.2C7H9NO2.C6H10O2.C3H4N2O.CH4.Na/c1-4-5(2)7(11)10-8(12)6(4)3-9;2*1-4-3-6(9)8-7(10)5(4)2;1-4(5(2)7)6(3)8;4-2-1-3(5)6;;/h1-2H3,(H2,10,11,12);2*3H,1-2H3,(H2,8,9,10);4H,1-3H3;1H2,(H2,5,6);1H4;/q;;;;;;+1/p-1. The predicted molar refractivity (Wildman–Crippen MR) is 174 cm³/mol. The topological polar surface area (TPSA) is 287 Å². The number of nitrogens with two attached hydrogens (primary N) is 1. The Morgan fingerprint density at radius 3 is 1.42 bits per heavy atom. The molecule has 3 rings (SSSR count). The first-order valence-corrected chi connectivity index (χ1v) is 13.4. The van der Waals surface area contributed by atoms with Crippen LogP contribution in [0.5, 0.6) is 17.6 Å². The maximum absolute atomic E-state index is 11.0. The summed E-state index contributed by atoms with van der Waals surface area (Å²) in [4.78, 5) is 69.2. The number of hydrogen-bond donors (Lipinski definition) is 6. The average molecular weight is 679 g/mol. The summed E-state index contributed by atoms with van der Waals surface area (Å²) in [5.41, 5.74) is 7.37. The number of amides is 1. The molecule has 3 aromatic rings. The van der Waals surface area contributed by atoms with E-state index in [0.717, 1.165) is 22.3 Å².